The highest BCUT2D eigenvalue weighted by Gasteiger charge is 2.07. The maximum atomic E-state index is 13.7. The van der Waals surface area contributed by atoms with Crippen LogP contribution in [0, 0.1) is 17.7 Å². The van der Waals surface area contributed by atoms with Crippen molar-refractivity contribution in [3.05, 3.63) is 64.4 Å². The van der Waals surface area contributed by atoms with Crippen LogP contribution in [0.25, 0.3) is 0 Å². The van der Waals surface area contributed by atoms with Gasteiger partial charge in [0.1, 0.15) is 6.61 Å². The Labute approximate surface area is 128 Å². The molecular formula is C17H14ClFO2. The molecule has 108 valence electrons. The summed E-state index contributed by atoms with van der Waals surface area (Å²) in [7, 11) is 0. The van der Waals surface area contributed by atoms with Crippen molar-refractivity contribution in [2.24, 2.45) is 0 Å². The van der Waals surface area contributed by atoms with Gasteiger partial charge in [-0.2, -0.15) is 0 Å². The lowest BCUT2D eigenvalue weighted by molar-refractivity contribution is 0.290. The molecule has 21 heavy (non-hydrogen) atoms. The van der Waals surface area contributed by atoms with E-state index in [9.17, 15) is 4.39 Å². The van der Waals surface area contributed by atoms with E-state index in [2.05, 4.69) is 11.8 Å². The number of halogens is 2. The lowest BCUT2D eigenvalue weighted by Gasteiger charge is -2.08. The van der Waals surface area contributed by atoms with E-state index in [-0.39, 0.29) is 24.0 Å². The standard InChI is InChI=1S/C17H14ClFO2/c18-15-8-4-9-16(17(15)19)21-12-14-7-3-6-13(11-14)5-1-2-10-20/h3-4,6-9,11,20H,2,10,12H2. The van der Waals surface area contributed by atoms with Crippen molar-refractivity contribution < 1.29 is 14.2 Å². The zero-order chi connectivity index (χ0) is 15.1. The van der Waals surface area contributed by atoms with Gasteiger partial charge in [-0.1, -0.05) is 41.6 Å². The molecule has 0 aromatic heterocycles. The Kier molecular flexibility index (Phi) is 5.62. The van der Waals surface area contributed by atoms with Crippen LogP contribution in [0.5, 0.6) is 5.75 Å². The molecule has 2 aromatic rings. The summed E-state index contributed by atoms with van der Waals surface area (Å²) in [5.41, 5.74) is 1.71. The van der Waals surface area contributed by atoms with Crippen LogP contribution < -0.4 is 4.74 Å². The van der Waals surface area contributed by atoms with Gasteiger partial charge in [0, 0.05) is 12.0 Å². The van der Waals surface area contributed by atoms with Crippen molar-refractivity contribution in [3.8, 4) is 17.6 Å². The third kappa shape index (κ3) is 4.49. The van der Waals surface area contributed by atoms with Gasteiger partial charge in [0.05, 0.1) is 11.6 Å². The predicted molar refractivity (Wildman–Crippen MR) is 80.8 cm³/mol. The van der Waals surface area contributed by atoms with E-state index in [1.807, 2.05) is 24.3 Å². The number of aliphatic hydroxyl groups excluding tert-OH is 1. The highest BCUT2D eigenvalue weighted by molar-refractivity contribution is 6.30. The van der Waals surface area contributed by atoms with Gasteiger partial charge in [0.2, 0.25) is 0 Å². The molecule has 2 nitrogen and oxygen atoms in total. The molecule has 4 heteroatoms. The Morgan fingerprint density at radius 3 is 2.81 bits per heavy atom. The Hall–Kier alpha value is -2.02. The summed E-state index contributed by atoms with van der Waals surface area (Å²) in [5, 5.41) is 8.73. The van der Waals surface area contributed by atoms with Crippen molar-refractivity contribution >= 4 is 11.6 Å². The lowest BCUT2D eigenvalue weighted by atomic mass is 10.1. The smallest absolute Gasteiger partial charge is 0.183 e. The lowest BCUT2D eigenvalue weighted by Crippen LogP contribution is -1.98. The molecule has 0 aliphatic carbocycles. The first kappa shape index (κ1) is 15.4. The SMILES string of the molecule is OCCC#Cc1cccc(COc2cccc(Cl)c2F)c1. The van der Waals surface area contributed by atoms with E-state index in [0.717, 1.165) is 11.1 Å². The zero-order valence-corrected chi connectivity index (χ0v) is 12.0. The fraction of sp³-hybridized carbons (Fsp3) is 0.176. The molecule has 0 heterocycles. The second-order valence-electron chi connectivity index (χ2n) is 4.32. The molecule has 0 unspecified atom stereocenters. The van der Waals surface area contributed by atoms with Crippen molar-refractivity contribution in [3.63, 3.8) is 0 Å². The maximum Gasteiger partial charge on any atom is 0.183 e. The fourth-order valence-corrected chi connectivity index (χ4v) is 1.88. The topological polar surface area (TPSA) is 29.5 Å². The van der Waals surface area contributed by atoms with Gasteiger partial charge in [-0.3, -0.25) is 0 Å². The maximum absolute atomic E-state index is 13.7. The summed E-state index contributed by atoms with van der Waals surface area (Å²) in [4.78, 5) is 0. The van der Waals surface area contributed by atoms with Gasteiger partial charge in [0.25, 0.3) is 0 Å². The predicted octanol–water partition coefficient (Wildman–Crippen LogP) is 3.79. The minimum atomic E-state index is -0.557. The summed E-state index contributed by atoms with van der Waals surface area (Å²) in [6, 6.07) is 12.1. The van der Waals surface area contributed by atoms with Crippen molar-refractivity contribution in [1.82, 2.24) is 0 Å². The Morgan fingerprint density at radius 1 is 1.19 bits per heavy atom. The van der Waals surface area contributed by atoms with Crippen LogP contribution in [0.4, 0.5) is 4.39 Å². The van der Waals surface area contributed by atoms with Gasteiger partial charge in [-0.15, -0.1) is 0 Å². The van der Waals surface area contributed by atoms with Gasteiger partial charge in [-0.25, -0.2) is 4.39 Å². The van der Waals surface area contributed by atoms with E-state index in [1.165, 1.54) is 12.1 Å². The molecule has 0 saturated heterocycles. The van der Waals surface area contributed by atoms with Crippen LogP contribution in [0.1, 0.15) is 17.5 Å². The number of aliphatic hydroxyl groups is 1. The van der Waals surface area contributed by atoms with Crippen molar-refractivity contribution in [1.29, 1.82) is 0 Å². The minimum absolute atomic E-state index is 0.0381. The number of ether oxygens (including phenoxy) is 1. The minimum Gasteiger partial charge on any atom is -0.486 e. The van der Waals surface area contributed by atoms with Crippen LogP contribution in [0.3, 0.4) is 0 Å². The van der Waals surface area contributed by atoms with Gasteiger partial charge in [-0.05, 0) is 29.8 Å². The Morgan fingerprint density at radius 2 is 2.00 bits per heavy atom. The van der Waals surface area contributed by atoms with E-state index in [4.69, 9.17) is 21.4 Å². The molecule has 2 aromatic carbocycles. The van der Waals surface area contributed by atoms with Gasteiger partial charge >= 0.3 is 0 Å². The van der Waals surface area contributed by atoms with Crippen LogP contribution in [0.2, 0.25) is 5.02 Å². The average molecular weight is 305 g/mol. The van der Waals surface area contributed by atoms with E-state index in [1.54, 1.807) is 6.07 Å². The van der Waals surface area contributed by atoms with Gasteiger partial charge in [0.15, 0.2) is 11.6 Å². The van der Waals surface area contributed by atoms with Crippen molar-refractivity contribution in [2.45, 2.75) is 13.0 Å². The summed E-state index contributed by atoms with van der Waals surface area (Å²) < 4.78 is 19.1. The van der Waals surface area contributed by atoms with Crippen molar-refractivity contribution in [2.75, 3.05) is 6.61 Å². The van der Waals surface area contributed by atoms with Crippen LogP contribution in [0.15, 0.2) is 42.5 Å². The largest absolute Gasteiger partial charge is 0.486 e. The summed E-state index contributed by atoms with van der Waals surface area (Å²) >= 11 is 5.70. The summed E-state index contributed by atoms with van der Waals surface area (Å²) in [5.74, 6) is 5.36. The fourth-order valence-electron chi connectivity index (χ4n) is 1.72. The molecule has 1 N–H and O–H groups in total. The average Bonchev–Trinajstić information content (AvgIpc) is 2.50. The highest BCUT2D eigenvalue weighted by atomic mass is 35.5. The van der Waals surface area contributed by atoms with E-state index < -0.39 is 5.82 Å². The Balaban J connectivity index is 2.05. The zero-order valence-electron chi connectivity index (χ0n) is 11.3. The molecule has 0 atom stereocenters. The monoisotopic (exact) mass is 304 g/mol. The number of benzene rings is 2. The number of rotatable bonds is 4. The molecule has 0 spiro atoms. The van der Waals surface area contributed by atoms with E-state index in [0.29, 0.717) is 6.42 Å². The summed E-state index contributed by atoms with van der Waals surface area (Å²) in [6.45, 7) is 0.274. The third-order valence-corrected chi connectivity index (χ3v) is 3.00. The number of hydrogen-bond donors (Lipinski definition) is 1. The van der Waals surface area contributed by atoms with Crippen LogP contribution in [-0.4, -0.2) is 11.7 Å². The third-order valence-electron chi connectivity index (χ3n) is 2.71. The van der Waals surface area contributed by atoms with Gasteiger partial charge < -0.3 is 9.84 Å². The van der Waals surface area contributed by atoms with E-state index >= 15 is 0 Å². The quantitative estimate of drug-likeness (QED) is 0.871. The molecule has 0 fully saturated rings. The molecule has 0 radical (unpaired) electrons. The first-order valence-electron chi connectivity index (χ1n) is 6.46. The first-order valence-corrected chi connectivity index (χ1v) is 6.84. The molecule has 0 amide bonds. The molecule has 0 bridgehead atoms. The second-order valence-corrected chi connectivity index (χ2v) is 4.72. The normalized spacial score (nSPS) is 9.86. The van der Waals surface area contributed by atoms with Crippen LogP contribution >= 0.6 is 11.6 Å². The first-order chi connectivity index (χ1) is 10.2. The second kappa shape index (κ2) is 7.68. The van der Waals surface area contributed by atoms with Crippen LogP contribution in [-0.2, 0) is 6.61 Å². The summed E-state index contributed by atoms with van der Waals surface area (Å²) in [6.07, 6.45) is 0.439. The molecule has 0 aliphatic rings. The number of hydrogen-bond acceptors (Lipinski definition) is 2. The molecule has 0 saturated carbocycles. The molecule has 2 rings (SSSR count). The Bertz CT molecular complexity index is 674. The molecule has 0 aliphatic heterocycles. The highest BCUT2D eigenvalue weighted by Crippen LogP contribution is 2.24. The molecular weight excluding hydrogens is 291 g/mol.